The lowest BCUT2D eigenvalue weighted by Crippen LogP contribution is -2.34. The summed E-state index contributed by atoms with van der Waals surface area (Å²) in [4.78, 5) is 16.2. The van der Waals surface area contributed by atoms with Crippen LogP contribution in [0.15, 0.2) is 12.1 Å². The van der Waals surface area contributed by atoms with Crippen LogP contribution in [-0.2, 0) is 4.79 Å². The van der Waals surface area contributed by atoms with Crippen molar-refractivity contribution in [3.05, 3.63) is 17.8 Å². The van der Waals surface area contributed by atoms with Gasteiger partial charge in [-0.2, -0.15) is 0 Å². The van der Waals surface area contributed by atoms with Gasteiger partial charge < -0.3 is 10.3 Å². The maximum atomic E-state index is 11.3. The van der Waals surface area contributed by atoms with Crippen LogP contribution >= 0.6 is 0 Å². The summed E-state index contributed by atoms with van der Waals surface area (Å²) in [6.45, 7) is 5.02. The molecule has 4 nitrogen and oxygen atoms in total. The lowest BCUT2D eigenvalue weighted by atomic mass is 10.4. The van der Waals surface area contributed by atoms with Crippen LogP contribution in [0.3, 0.4) is 0 Å². The van der Waals surface area contributed by atoms with E-state index in [2.05, 4.69) is 10.3 Å². The third kappa shape index (κ3) is 2.60. The number of aromatic nitrogens is 1. The molecule has 0 atom stereocenters. The number of carbonyl (C=O) groups excluding carboxylic acids is 1. The fourth-order valence-electron chi connectivity index (χ4n) is 1.32. The Hall–Kier alpha value is -1.29. The van der Waals surface area contributed by atoms with E-state index in [1.807, 2.05) is 26.1 Å². The van der Waals surface area contributed by atoms with E-state index in [4.69, 9.17) is 0 Å². The summed E-state index contributed by atoms with van der Waals surface area (Å²) < 4.78 is 0. The zero-order chi connectivity index (χ0) is 10.6. The number of hydrogen-bond donors (Lipinski definition) is 2. The van der Waals surface area contributed by atoms with E-state index in [9.17, 15) is 4.79 Å². The molecular weight excluding hydrogens is 178 g/mol. The summed E-state index contributed by atoms with van der Waals surface area (Å²) in [5.41, 5.74) is 1.07. The minimum atomic E-state index is 0.0575. The first-order valence-corrected chi connectivity index (χ1v) is 4.73. The van der Waals surface area contributed by atoms with E-state index in [0.29, 0.717) is 6.54 Å². The van der Waals surface area contributed by atoms with E-state index in [1.54, 1.807) is 11.8 Å². The Morgan fingerprint density at radius 2 is 2.29 bits per heavy atom. The molecule has 0 aliphatic carbocycles. The standard InChI is InChI=1S/C10H17N3O/c1-8-4-5-10(12-8)13(9(2)14)7-6-11-3/h4-5,11-12H,6-7H2,1-3H3. The van der Waals surface area contributed by atoms with Gasteiger partial charge in [0.1, 0.15) is 5.82 Å². The van der Waals surface area contributed by atoms with Crippen LogP contribution in [0.4, 0.5) is 5.82 Å². The number of aromatic amines is 1. The van der Waals surface area contributed by atoms with Crippen molar-refractivity contribution < 1.29 is 4.79 Å². The number of rotatable bonds is 4. The highest BCUT2D eigenvalue weighted by atomic mass is 16.2. The third-order valence-corrected chi connectivity index (χ3v) is 2.07. The van der Waals surface area contributed by atoms with Gasteiger partial charge in [-0.15, -0.1) is 0 Å². The van der Waals surface area contributed by atoms with Crippen LogP contribution in [0.1, 0.15) is 12.6 Å². The molecule has 1 aromatic rings. The Morgan fingerprint density at radius 3 is 2.71 bits per heavy atom. The zero-order valence-electron chi connectivity index (χ0n) is 8.92. The molecule has 0 aromatic carbocycles. The third-order valence-electron chi connectivity index (χ3n) is 2.07. The highest BCUT2D eigenvalue weighted by Crippen LogP contribution is 2.12. The molecule has 0 saturated heterocycles. The fourth-order valence-corrected chi connectivity index (χ4v) is 1.32. The minimum Gasteiger partial charge on any atom is -0.345 e. The van der Waals surface area contributed by atoms with Crippen LogP contribution < -0.4 is 10.2 Å². The Bertz CT molecular complexity index is 306. The van der Waals surface area contributed by atoms with Gasteiger partial charge in [0.15, 0.2) is 0 Å². The van der Waals surface area contributed by atoms with Crippen molar-refractivity contribution in [1.29, 1.82) is 0 Å². The average molecular weight is 195 g/mol. The SMILES string of the molecule is CNCCN(C(C)=O)c1ccc(C)[nH]1. The molecule has 0 fully saturated rings. The maximum Gasteiger partial charge on any atom is 0.225 e. The second-order valence-corrected chi connectivity index (χ2v) is 3.30. The number of nitrogens with one attached hydrogen (secondary N) is 2. The second-order valence-electron chi connectivity index (χ2n) is 3.30. The van der Waals surface area contributed by atoms with Gasteiger partial charge in [0.2, 0.25) is 5.91 Å². The molecule has 0 spiro atoms. The van der Waals surface area contributed by atoms with Gasteiger partial charge in [-0.25, -0.2) is 0 Å². The number of H-pyrrole nitrogens is 1. The van der Waals surface area contributed by atoms with E-state index in [0.717, 1.165) is 18.1 Å². The van der Waals surface area contributed by atoms with Crippen LogP contribution in [-0.4, -0.2) is 31.0 Å². The van der Waals surface area contributed by atoms with Gasteiger partial charge in [-0.1, -0.05) is 0 Å². The predicted octanol–water partition coefficient (Wildman–Crippen LogP) is 0.895. The molecule has 0 aliphatic rings. The normalized spacial score (nSPS) is 10.2. The van der Waals surface area contributed by atoms with Crippen LogP contribution in [0.25, 0.3) is 0 Å². The maximum absolute atomic E-state index is 11.3. The highest BCUT2D eigenvalue weighted by molar-refractivity contribution is 5.90. The van der Waals surface area contributed by atoms with Gasteiger partial charge in [-0.05, 0) is 26.1 Å². The molecule has 78 valence electrons. The Balaban J connectivity index is 2.72. The van der Waals surface area contributed by atoms with E-state index < -0.39 is 0 Å². The number of likely N-dealkylation sites (N-methyl/N-ethyl adjacent to an activating group) is 1. The van der Waals surface area contributed by atoms with Gasteiger partial charge >= 0.3 is 0 Å². The molecule has 4 heteroatoms. The molecule has 0 saturated carbocycles. The fraction of sp³-hybridized carbons (Fsp3) is 0.500. The van der Waals surface area contributed by atoms with Crippen molar-refractivity contribution in [2.24, 2.45) is 0 Å². The number of anilines is 1. The van der Waals surface area contributed by atoms with E-state index in [-0.39, 0.29) is 5.91 Å². The molecule has 0 bridgehead atoms. The zero-order valence-corrected chi connectivity index (χ0v) is 8.92. The smallest absolute Gasteiger partial charge is 0.225 e. The van der Waals surface area contributed by atoms with Gasteiger partial charge in [0.25, 0.3) is 0 Å². The minimum absolute atomic E-state index is 0.0575. The average Bonchev–Trinajstić information content (AvgIpc) is 2.52. The topological polar surface area (TPSA) is 48.1 Å². The number of nitrogens with zero attached hydrogens (tertiary/aromatic N) is 1. The van der Waals surface area contributed by atoms with Crippen molar-refractivity contribution in [1.82, 2.24) is 10.3 Å². The first-order valence-electron chi connectivity index (χ1n) is 4.73. The van der Waals surface area contributed by atoms with Crippen LogP contribution in [0.5, 0.6) is 0 Å². The molecule has 0 aliphatic heterocycles. The van der Waals surface area contributed by atoms with E-state index >= 15 is 0 Å². The van der Waals surface area contributed by atoms with Crippen molar-refractivity contribution in [3.8, 4) is 0 Å². The summed E-state index contributed by atoms with van der Waals surface area (Å²) in [6, 6.07) is 3.89. The Labute approximate surface area is 84.3 Å². The van der Waals surface area contributed by atoms with Crippen LogP contribution in [0.2, 0.25) is 0 Å². The first-order chi connectivity index (χ1) is 6.65. The summed E-state index contributed by atoms with van der Waals surface area (Å²) in [5, 5.41) is 3.02. The Morgan fingerprint density at radius 1 is 1.57 bits per heavy atom. The predicted molar refractivity (Wildman–Crippen MR) is 57.5 cm³/mol. The van der Waals surface area contributed by atoms with Crippen molar-refractivity contribution in [2.45, 2.75) is 13.8 Å². The molecule has 0 unspecified atom stereocenters. The summed E-state index contributed by atoms with van der Waals surface area (Å²) >= 11 is 0. The summed E-state index contributed by atoms with van der Waals surface area (Å²) in [7, 11) is 1.87. The number of aryl methyl sites for hydroxylation is 1. The second kappa shape index (κ2) is 4.81. The van der Waals surface area contributed by atoms with Crippen molar-refractivity contribution in [2.75, 3.05) is 25.0 Å². The molecule has 1 amide bonds. The number of carbonyl (C=O) groups is 1. The quantitative estimate of drug-likeness (QED) is 0.749. The molecule has 14 heavy (non-hydrogen) atoms. The van der Waals surface area contributed by atoms with Crippen molar-refractivity contribution >= 4 is 11.7 Å². The molecule has 1 aromatic heterocycles. The molecule has 1 heterocycles. The largest absolute Gasteiger partial charge is 0.345 e. The van der Waals surface area contributed by atoms with Crippen molar-refractivity contribution in [3.63, 3.8) is 0 Å². The lowest BCUT2D eigenvalue weighted by molar-refractivity contribution is -0.116. The Kier molecular flexibility index (Phi) is 3.71. The van der Waals surface area contributed by atoms with Crippen LogP contribution in [0, 0.1) is 6.92 Å². The molecule has 1 rings (SSSR count). The van der Waals surface area contributed by atoms with Gasteiger partial charge in [0.05, 0.1) is 0 Å². The van der Waals surface area contributed by atoms with Gasteiger partial charge in [0, 0.05) is 25.7 Å². The van der Waals surface area contributed by atoms with Gasteiger partial charge in [-0.3, -0.25) is 9.69 Å². The molecular formula is C10H17N3O. The number of hydrogen-bond acceptors (Lipinski definition) is 2. The number of amides is 1. The molecule has 0 radical (unpaired) electrons. The summed E-state index contributed by atoms with van der Waals surface area (Å²) in [6.07, 6.45) is 0. The first kappa shape index (κ1) is 10.8. The van der Waals surface area contributed by atoms with E-state index in [1.165, 1.54) is 0 Å². The molecule has 2 N–H and O–H groups in total. The summed E-state index contributed by atoms with van der Waals surface area (Å²) in [5.74, 6) is 0.923. The monoisotopic (exact) mass is 195 g/mol. The lowest BCUT2D eigenvalue weighted by Gasteiger charge is -2.18. The highest BCUT2D eigenvalue weighted by Gasteiger charge is 2.11.